The van der Waals surface area contributed by atoms with Crippen molar-refractivity contribution in [2.45, 2.75) is 31.9 Å². The highest BCUT2D eigenvalue weighted by Gasteiger charge is 2.30. The van der Waals surface area contributed by atoms with Gasteiger partial charge in [0.25, 0.3) is 0 Å². The van der Waals surface area contributed by atoms with E-state index in [2.05, 4.69) is 40.0 Å². The van der Waals surface area contributed by atoms with E-state index in [1.54, 1.807) is 19.4 Å². The summed E-state index contributed by atoms with van der Waals surface area (Å²) in [6.45, 7) is 2.18. The molecule has 2 unspecified atom stereocenters. The molecule has 0 saturated heterocycles. The van der Waals surface area contributed by atoms with Crippen LogP contribution in [-0.4, -0.2) is 29.2 Å². The standard InChI is InChI=1S/C22H21N3O3/c1-13-7-14-5-3-4-6-18(14)25(13)22-10-19(26)15-8-16(21-11-23-12-28-21)20(27-2)9-17(15)24-22/h3-6,8,10-13,20H,7,9H2,1-2H3,(H,24,26). The van der Waals surface area contributed by atoms with Gasteiger partial charge in [0, 0.05) is 48.2 Å². The van der Waals surface area contributed by atoms with Gasteiger partial charge in [-0.15, -0.1) is 0 Å². The van der Waals surface area contributed by atoms with Gasteiger partial charge in [-0.25, -0.2) is 4.98 Å². The molecule has 2 aliphatic rings. The van der Waals surface area contributed by atoms with E-state index in [-0.39, 0.29) is 17.6 Å². The number of aromatic nitrogens is 2. The Labute approximate surface area is 162 Å². The predicted molar refractivity (Wildman–Crippen MR) is 108 cm³/mol. The third-order valence-electron chi connectivity index (χ3n) is 5.64. The molecule has 2 atom stereocenters. The van der Waals surface area contributed by atoms with Crippen molar-refractivity contribution in [2.24, 2.45) is 0 Å². The Morgan fingerprint density at radius 1 is 1.29 bits per heavy atom. The fraction of sp³-hybridized carbons (Fsp3) is 0.273. The summed E-state index contributed by atoms with van der Waals surface area (Å²) in [7, 11) is 1.67. The van der Waals surface area contributed by atoms with E-state index in [0.717, 1.165) is 29.2 Å². The van der Waals surface area contributed by atoms with Gasteiger partial charge in [-0.3, -0.25) is 4.79 Å². The first-order valence-corrected chi connectivity index (χ1v) is 9.42. The smallest absolute Gasteiger partial charge is 0.191 e. The Kier molecular flexibility index (Phi) is 3.94. The minimum Gasteiger partial charge on any atom is -0.444 e. The minimum absolute atomic E-state index is 0.00750. The number of oxazole rings is 1. The first-order valence-electron chi connectivity index (χ1n) is 9.42. The maximum absolute atomic E-state index is 13.0. The first-order chi connectivity index (χ1) is 13.7. The summed E-state index contributed by atoms with van der Waals surface area (Å²) >= 11 is 0. The number of nitrogens with one attached hydrogen (secondary N) is 1. The molecule has 3 heterocycles. The summed E-state index contributed by atoms with van der Waals surface area (Å²) in [5, 5.41) is 0. The lowest BCUT2D eigenvalue weighted by Crippen LogP contribution is -2.29. The van der Waals surface area contributed by atoms with Crippen molar-refractivity contribution in [1.29, 1.82) is 0 Å². The second-order valence-corrected chi connectivity index (χ2v) is 7.36. The fourth-order valence-electron chi connectivity index (χ4n) is 4.33. The lowest BCUT2D eigenvalue weighted by molar-refractivity contribution is 0.146. The second-order valence-electron chi connectivity index (χ2n) is 7.36. The maximum atomic E-state index is 13.0. The van der Waals surface area contributed by atoms with Crippen LogP contribution in [-0.2, 0) is 17.6 Å². The van der Waals surface area contributed by atoms with Crippen LogP contribution in [0.2, 0.25) is 0 Å². The number of H-pyrrole nitrogens is 1. The summed E-state index contributed by atoms with van der Waals surface area (Å²) < 4.78 is 11.1. The van der Waals surface area contributed by atoms with E-state index < -0.39 is 0 Å². The molecule has 0 saturated carbocycles. The molecule has 0 spiro atoms. The number of methoxy groups -OCH3 is 1. The van der Waals surface area contributed by atoms with Crippen LogP contribution in [0.15, 0.2) is 52.1 Å². The van der Waals surface area contributed by atoms with E-state index in [1.807, 2.05) is 12.1 Å². The normalized spacial score (nSPS) is 20.6. The highest BCUT2D eigenvalue weighted by atomic mass is 16.5. The SMILES string of the molecule is COC1Cc2[nH]c(N3c4ccccc4CC3C)cc(=O)c2C=C1c1cnco1. The Morgan fingerprint density at radius 2 is 2.14 bits per heavy atom. The lowest BCUT2D eigenvalue weighted by Gasteiger charge is -2.28. The zero-order valence-electron chi connectivity index (χ0n) is 15.8. The van der Waals surface area contributed by atoms with Crippen LogP contribution in [0, 0.1) is 0 Å². The van der Waals surface area contributed by atoms with Crippen molar-refractivity contribution in [2.75, 3.05) is 12.0 Å². The largest absolute Gasteiger partial charge is 0.444 e. The Morgan fingerprint density at radius 3 is 2.93 bits per heavy atom. The number of para-hydroxylation sites is 1. The molecule has 6 nitrogen and oxygen atoms in total. The van der Waals surface area contributed by atoms with E-state index in [9.17, 15) is 4.79 Å². The van der Waals surface area contributed by atoms with Gasteiger partial charge in [-0.1, -0.05) is 18.2 Å². The molecule has 6 heteroatoms. The molecule has 0 radical (unpaired) electrons. The molecule has 28 heavy (non-hydrogen) atoms. The molecular weight excluding hydrogens is 354 g/mol. The Hall–Kier alpha value is -3.12. The number of pyridine rings is 1. The lowest BCUT2D eigenvalue weighted by atomic mass is 9.92. The zero-order chi connectivity index (χ0) is 19.3. The number of aromatic amines is 1. The van der Waals surface area contributed by atoms with Gasteiger partial charge in [0.2, 0.25) is 0 Å². The van der Waals surface area contributed by atoms with Crippen LogP contribution in [0.1, 0.15) is 29.5 Å². The minimum atomic E-state index is -0.199. The molecule has 1 aliphatic heterocycles. The van der Waals surface area contributed by atoms with E-state index in [0.29, 0.717) is 17.7 Å². The van der Waals surface area contributed by atoms with Crippen LogP contribution in [0.25, 0.3) is 11.6 Å². The predicted octanol–water partition coefficient (Wildman–Crippen LogP) is 3.56. The van der Waals surface area contributed by atoms with E-state index in [1.165, 1.54) is 12.0 Å². The maximum Gasteiger partial charge on any atom is 0.191 e. The van der Waals surface area contributed by atoms with Gasteiger partial charge in [0.15, 0.2) is 17.6 Å². The molecule has 0 bridgehead atoms. The molecule has 5 rings (SSSR count). The molecule has 3 aromatic rings. The van der Waals surface area contributed by atoms with E-state index >= 15 is 0 Å². The highest BCUT2D eigenvalue weighted by Crippen LogP contribution is 2.38. The number of hydrogen-bond donors (Lipinski definition) is 1. The summed E-state index contributed by atoms with van der Waals surface area (Å²) in [5.74, 6) is 1.45. The van der Waals surface area contributed by atoms with Gasteiger partial charge in [0.05, 0.1) is 12.3 Å². The molecule has 0 fully saturated rings. The van der Waals surface area contributed by atoms with Crippen molar-refractivity contribution >= 4 is 23.2 Å². The number of anilines is 2. The Bertz CT molecular complexity index is 1110. The summed E-state index contributed by atoms with van der Waals surface area (Å²) in [5.41, 5.74) is 4.83. The second kappa shape index (κ2) is 6.49. The topological polar surface area (TPSA) is 71.4 Å². The highest BCUT2D eigenvalue weighted by molar-refractivity contribution is 5.85. The van der Waals surface area contributed by atoms with Gasteiger partial charge >= 0.3 is 0 Å². The van der Waals surface area contributed by atoms with Crippen molar-refractivity contribution in [3.8, 4) is 0 Å². The average Bonchev–Trinajstić information content (AvgIpc) is 3.34. The van der Waals surface area contributed by atoms with Crippen molar-refractivity contribution in [3.05, 3.63) is 75.7 Å². The zero-order valence-corrected chi connectivity index (χ0v) is 15.8. The van der Waals surface area contributed by atoms with Crippen LogP contribution in [0.4, 0.5) is 11.5 Å². The summed E-state index contributed by atoms with van der Waals surface area (Å²) in [6.07, 6.45) is 6.23. The molecule has 1 N–H and O–H groups in total. The summed E-state index contributed by atoms with van der Waals surface area (Å²) in [4.78, 5) is 22.7. The van der Waals surface area contributed by atoms with Crippen molar-refractivity contribution in [1.82, 2.24) is 9.97 Å². The van der Waals surface area contributed by atoms with Crippen molar-refractivity contribution in [3.63, 3.8) is 0 Å². The molecule has 1 aliphatic carbocycles. The van der Waals surface area contributed by atoms with Crippen LogP contribution < -0.4 is 10.3 Å². The van der Waals surface area contributed by atoms with Gasteiger partial charge in [-0.05, 0) is 31.1 Å². The quantitative estimate of drug-likeness (QED) is 0.758. The van der Waals surface area contributed by atoms with Crippen LogP contribution >= 0.6 is 0 Å². The van der Waals surface area contributed by atoms with Crippen molar-refractivity contribution < 1.29 is 9.15 Å². The molecular formula is C22H21N3O3. The number of rotatable bonds is 3. The number of benzene rings is 1. The fourth-order valence-corrected chi connectivity index (χ4v) is 4.33. The average molecular weight is 375 g/mol. The van der Waals surface area contributed by atoms with Gasteiger partial charge in [-0.2, -0.15) is 0 Å². The molecule has 2 aromatic heterocycles. The third-order valence-corrected chi connectivity index (χ3v) is 5.64. The summed E-state index contributed by atoms with van der Waals surface area (Å²) in [6, 6.07) is 10.3. The van der Waals surface area contributed by atoms with Crippen LogP contribution in [0.3, 0.4) is 0 Å². The van der Waals surface area contributed by atoms with Crippen LogP contribution in [0.5, 0.6) is 0 Å². The first kappa shape index (κ1) is 17.0. The van der Waals surface area contributed by atoms with Gasteiger partial charge < -0.3 is 19.0 Å². The Balaban J connectivity index is 1.61. The number of hydrogen-bond acceptors (Lipinski definition) is 5. The van der Waals surface area contributed by atoms with Gasteiger partial charge in [0.1, 0.15) is 5.82 Å². The molecule has 1 aromatic carbocycles. The molecule has 142 valence electrons. The number of nitrogens with zero attached hydrogens (tertiary/aromatic N) is 2. The molecule has 0 amide bonds. The number of ether oxygens (including phenoxy) is 1. The number of fused-ring (bicyclic) bond motifs is 2. The third kappa shape index (κ3) is 2.60. The monoisotopic (exact) mass is 375 g/mol. The van der Waals surface area contributed by atoms with E-state index in [4.69, 9.17) is 9.15 Å².